The van der Waals surface area contributed by atoms with Crippen molar-refractivity contribution in [2.24, 2.45) is 10.9 Å². The Kier molecular flexibility index (Phi) is 10.8. The Morgan fingerprint density at radius 1 is 1.27 bits per heavy atom. The van der Waals surface area contributed by atoms with E-state index >= 15 is 0 Å². The van der Waals surface area contributed by atoms with Crippen molar-refractivity contribution in [2.75, 3.05) is 25.4 Å². The molecule has 22 heavy (non-hydrogen) atoms. The quantitative estimate of drug-likeness (QED) is 0.426. The van der Waals surface area contributed by atoms with Gasteiger partial charge < -0.3 is 15.7 Å². The summed E-state index contributed by atoms with van der Waals surface area (Å²) in [6.45, 7) is 8.52. The van der Waals surface area contributed by atoms with E-state index in [2.05, 4.69) is 43.2 Å². The van der Waals surface area contributed by atoms with Crippen molar-refractivity contribution in [3.05, 3.63) is 0 Å². The number of hydrogen-bond acceptors (Lipinski definition) is 3. The topological polar surface area (TPSA) is 56.7 Å². The smallest absolute Gasteiger partial charge is 0.191 e. The SMILES string of the molecule is CCCC(CCO)CN=C(NCC)NC1CCC(SCC)C1. The van der Waals surface area contributed by atoms with Crippen LogP contribution in [0.4, 0.5) is 0 Å². The molecule has 0 heterocycles. The van der Waals surface area contributed by atoms with Gasteiger partial charge in [0, 0.05) is 31.0 Å². The van der Waals surface area contributed by atoms with Gasteiger partial charge in [-0.25, -0.2) is 0 Å². The first kappa shape index (κ1) is 19.6. The largest absolute Gasteiger partial charge is 0.396 e. The third kappa shape index (κ3) is 7.73. The zero-order chi connectivity index (χ0) is 16.2. The third-order valence-corrected chi connectivity index (χ3v) is 5.45. The average molecular weight is 330 g/mol. The summed E-state index contributed by atoms with van der Waals surface area (Å²) < 4.78 is 0. The van der Waals surface area contributed by atoms with Crippen molar-refractivity contribution in [1.29, 1.82) is 0 Å². The van der Waals surface area contributed by atoms with Gasteiger partial charge >= 0.3 is 0 Å². The Balaban J connectivity index is 2.47. The molecule has 3 atom stereocenters. The second-order valence-corrected chi connectivity index (χ2v) is 7.70. The van der Waals surface area contributed by atoms with Crippen LogP contribution < -0.4 is 10.6 Å². The summed E-state index contributed by atoms with van der Waals surface area (Å²) in [7, 11) is 0. The molecule has 0 aromatic rings. The molecule has 3 N–H and O–H groups in total. The molecular weight excluding hydrogens is 294 g/mol. The Bertz CT molecular complexity index is 306. The molecule has 0 aliphatic heterocycles. The molecule has 0 aromatic heterocycles. The van der Waals surface area contributed by atoms with E-state index < -0.39 is 0 Å². The zero-order valence-corrected chi connectivity index (χ0v) is 15.4. The summed E-state index contributed by atoms with van der Waals surface area (Å²) in [4.78, 5) is 4.76. The summed E-state index contributed by atoms with van der Waals surface area (Å²) in [6.07, 6.45) is 6.97. The van der Waals surface area contributed by atoms with Crippen LogP contribution in [0.2, 0.25) is 0 Å². The number of aliphatic imine (C=N–C) groups is 1. The average Bonchev–Trinajstić information content (AvgIpc) is 2.93. The highest BCUT2D eigenvalue weighted by molar-refractivity contribution is 7.99. The minimum absolute atomic E-state index is 0.267. The Hall–Kier alpha value is -0.420. The highest BCUT2D eigenvalue weighted by atomic mass is 32.2. The lowest BCUT2D eigenvalue weighted by atomic mass is 10.0. The summed E-state index contributed by atoms with van der Waals surface area (Å²) >= 11 is 2.09. The van der Waals surface area contributed by atoms with Crippen LogP contribution in [0.3, 0.4) is 0 Å². The molecule has 4 nitrogen and oxygen atoms in total. The van der Waals surface area contributed by atoms with Crippen molar-refractivity contribution in [3.8, 4) is 0 Å². The molecule has 3 unspecified atom stereocenters. The van der Waals surface area contributed by atoms with Gasteiger partial charge in [0.25, 0.3) is 0 Å². The van der Waals surface area contributed by atoms with Gasteiger partial charge in [-0.05, 0) is 50.7 Å². The van der Waals surface area contributed by atoms with E-state index in [0.29, 0.717) is 12.0 Å². The Morgan fingerprint density at radius 3 is 2.73 bits per heavy atom. The third-order valence-electron chi connectivity index (χ3n) is 4.21. The maximum absolute atomic E-state index is 9.16. The van der Waals surface area contributed by atoms with Crippen molar-refractivity contribution in [3.63, 3.8) is 0 Å². The van der Waals surface area contributed by atoms with E-state index in [1.165, 1.54) is 25.0 Å². The molecule has 0 saturated heterocycles. The number of rotatable bonds is 10. The highest BCUT2D eigenvalue weighted by Crippen LogP contribution is 2.29. The molecule has 1 aliphatic rings. The fourth-order valence-electron chi connectivity index (χ4n) is 3.11. The Labute approximate surface area is 140 Å². The zero-order valence-electron chi connectivity index (χ0n) is 14.6. The number of nitrogens with one attached hydrogen (secondary N) is 2. The molecule has 1 rings (SSSR count). The van der Waals surface area contributed by atoms with Crippen LogP contribution in [0.5, 0.6) is 0 Å². The molecule has 1 fully saturated rings. The number of guanidine groups is 1. The number of aliphatic hydroxyl groups excluding tert-OH is 1. The van der Waals surface area contributed by atoms with Gasteiger partial charge in [-0.3, -0.25) is 4.99 Å². The monoisotopic (exact) mass is 329 g/mol. The summed E-state index contributed by atoms with van der Waals surface area (Å²) in [6, 6.07) is 0.560. The number of nitrogens with zero attached hydrogens (tertiary/aromatic N) is 1. The first-order chi connectivity index (χ1) is 10.7. The van der Waals surface area contributed by atoms with Gasteiger partial charge in [-0.2, -0.15) is 11.8 Å². The van der Waals surface area contributed by atoms with Crippen LogP contribution >= 0.6 is 11.8 Å². The van der Waals surface area contributed by atoms with E-state index in [-0.39, 0.29) is 6.61 Å². The molecule has 5 heteroatoms. The Morgan fingerprint density at radius 2 is 2.09 bits per heavy atom. The molecule has 0 aromatic carbocycles. The van der Waals surface area contributed by atoms with Gasteiger partial charge in [-0.1, -0.05) is 20.3 Å². The lowest BCUT2D eigenvalue weighted by molar-refractivity contribution is 0.253. The predicted molar refractivity (Wildman–Crippen MR) is 98.8 cm³/mol. The van der Waals surface area contributed by atoms with Gasteiger partial charge in [0.15, 0.2) is 5.96 Å². The molecule has 0 radical (unpaired) electrons. The fourth-order valence-corrected chi connectivity index (χ4v) is 4.25. The van der Waals surface area contributed by atoms with Gasteiger partial charge in [0.2, 0.25) is 0 Å². The predicted octanol–water partition coefficient (Wildman–Crippen LogP) is 3.01. The summed E-state index contributed by atoms with van der Waals surface area (Å²) in [5.74, 6) is 2.66. The molecule has 0 spiro atoms. The molecule has 1 aliphatic carbocycles. The maximum atomic E-state index is 9.16. The van der Waals surface area contributed by atoms with Gasteiger partial charge in [-0.15, -0.1) is 0 Å². The van der Waals surface area contributed by atoms with Crippen LogP contribution in [-0.4, -0.2) is 47.8 Å². The van der Waals surface area contributed by atoms with Gasteiger partial charge in [0.1, 0.15) is 0 Å². The van der Waals surface area contributed by atoms with E-state index in [0.717, 1.165) is 43.6 Å². The van der Waals surface area contributed by atoms with E-state index in [1.54, 1.807) is 0 Å². The van der Waals surface area contributed by atoms with E-state index in [9.17, 15) is 0 Å². The number of aliphatic hydroxyl groups is 1. The van der Waals surface area contributed by atoms with E-state index in [1.807, 2.05) is 0 Å². The second-order valence-electron chi connectivity index (χ2n) is 6.12. The molecule has 1 saturated carbocycles. The van der Waals surface area contributed by atoms with Gasteiger partial charge in [0.05, 0.1) is 0 Å². The summed E-state index contributed by atoms with van der Waals surface area (Å²) in [5.41, 5.74) is 0. The van der Waals surface area contributed by atoms with Crippen molar-refractivity contribution < 1.29 is 5.11 Å². The van der Waals surface area contributed by atoms with Crippen LogP contribution in [0.1, 0.15) is 59.3 Å². The highest BCUT2D eigenvalue weighted by Gasteiger charge is 2.25. The second kappa shape index (κ2) is 12.1. The standard InChI is InChI=1S/C17H35N3OS/c1-4-7-14(10-11-21)13-19-17(18-5-2)20-15-8-9-16(12-15)22-6-3/h14-16,21H,4-13H2,1-3H3,(H2,18,19,20). The summed E-state index contributed by atoms with van der Waals surface area (Å²) in [5, 5.41) is 16.9. The van der Waals surface area contributed by atoms with Crippen molar-refractivity contribution in [2.45, 2.75) is 70.6 Å². The first-order valence-corrected chi connectivity index (χ1v) is 10.1. The molecule has 0 amide bonds. The van der Waals surface area contributed by atoms with Crippen molar-refractivity contribution >= 4 is 17.7 Å². The van der Waals surface area contributed by atoms with Crippen LogP contribution in [0.15, 0.2) is 4.99 Å². The first-order valence-electron chi connectivity index (χ1n) is 9.00. The molecule has 130 valence electrons. The van der Waals surface area contributed by atoms with Crippen molar-refractivity contribution in [1.82, 2.24) is 10.6 Å². The fraction of sp³-hybridized carbons (Fsp3) is 0.941. The van der Waals surface area contributed by atoms with Crippen LogP contribution in [0.25, 0.3) is 0 Å². The number of thioether (sulfide) groups is 1. The van der Waals surface area contributed by atoms with E-state index in [4.69, 9.17) is 10.1 Å². The lowest BCUT2D eigenvalue weighted by Crippen LogP contribution is -2.42. The molecular formula is C17H35N3OS. The van der Waals surface area contributed by atoms with Crippen LogP contribution in [-0.2, 0) is 0 Å². The lowest BCUT2D eigenvalue weighted by Gasteiger charge is -2.19. The number of hydrogen-bond donors (Lipinski definition) is 3. The normalized spacial score (nSPS) is 23.5. The maximum Gasteiger partial charge on any atom is 0.191 e. The minimum Gasteiger partial charge on any atom is -0.396 e. The van der Waals surface area contributed by atoms with Crippen LogP contribution in [0, 0.1) is 5.92 Å². The molecule has 0 bridgehead atoms. The minimum atomic E-state index is 0.267.